The largest absolute Gasteiger partial charge is 0.257 e. The molecule has 3 heteroatoms. The molecule has 0 aliphatic rings. The van der Waals surface area contributed by atoms with E-state index in [4.69, 9.17) is 0 Å². The van der Waals surface area contributed by atoms with Crippen LogP contribution in [-0.4, -0.2) is 4.98 Å². The van der Waals surface area contributed by atoms with Crippen molar-refractivity contribution in [3.05, 3.63) is 23.9 Å². The fraction of sp³-hybridized carbons (Fsp3) is 0.444. The summed E-state index contributed by atoms with van der Waals surface area (Å²) in [7, 11) is 2.66. The van der Waals surface area contributed by atoms with Gasteiger partial charge in [0, 0.05) is 6.20 Å². The lowest BCUT2D eigenvalue weighted by Gasteiger charge is -2.20. The van der Waals surface area contributed by atoms with Crippen molar-refractivity contribution < 1.29 is 0 Å². The fourth-order valence-corrected chi connectivity index (χ4v) is 1.67. The van der Waals surface area contributed by atoms with E-state index in [2.05, 4.69) is 41.1 Å². The van der Waals surface area contributed by atoms with Crippen molar-refractivity contribution in [1.82, 2.24) is 4.98 Å². The summed E-state index contributed by atoms with van der Waals surface area (Å²) in [6.45, 7) is 6.58. The molecule has 0 saturated carbocycles. The van der Waals surface area contributed by atoms with Crippen molar-refractivity contribution in [2.45, 2.75) is 26.2 Å². The second-order valence-electron chi connectivity index (χ2n) is 3.69. The van der Waals surface area contributed by atoms with Crippen molar-refractivity contribution in [1.29, 1.82) is 0 Å². The Morgan fingerprint density at radius 2 is 1.92 bits per heavy atom. The van der Waals surface area contributed by atoms with Gasteiger partial charge in [0.15, 0.2) is 0 Å². The van der Waals surface area contributed by atoms with Gasteiger partial charge >= 0.3 is 0 Å². The Balaban J connectivity index is 0.00000121. The molecule has 0 saturated heterocycles. The Morgan fingerprint density at radius 1 is 1.33 bits per heavy atom. The Morgan fingerprint density at radius 3 is 2.25 bits per heavy atom. The topological polar surface area (TPSA) is 12.9 Å². The van der Waals surface area contributed by atoms with Crippen LogP contribution in [0.1, 0.15) is 26.3 Å². The number of rotatable bonds is 0. The van der Waals surface area contributed by atoms with E-state index >= 15 is 0 Å². The minimum atomic E-state index is 0. The summed E-state index contributed by atoms with van der Waals surface area (Å²) in [5.74, 6) is 0. The number of halogens is 1. The molecule has 0 bridgehead atoms. The standard InChI is InChI=1S/C9H14NP.ClH/c1-9(2,3)7-5-4-6-10-8(7)11;/h4-6H,11H2,1-3H3;1H. The molecule has 1 nitrogen and oxygen atoms in total. The van der Waals surface area contributed by atoms with Crippen molar-refractivity contribution in [3.8, 4) is 0 Å². The van der Waals surface area contributed by atoms with Gasteiger partial charge in [0.2, 0.25) is 0 Å². The molecule has 0 fully saturated rings. The molecule has 0 amide bonds. The maximum absolute atomic E-state index is 4.21. The molecule has 68 valence electrons. The van der Waals surface area contributed by atoms with Crippen LogP contribution in [0.4, 0.5) is 0 Å². The Hall–Kier alpha value is -0.130. The molecule has 1 atom stereocenters. The van der Waals surface area contributed by atoms with Crippen LogP contribution in [0.2, 0.25) is 0 Å². The van der Waals surface area contributed by atoms with E-state index in [-0.39, 0.29) is 17.8 Å². The molecular weight excluding hydrogens is 189 g/mol. The van der Waals surface area contributed by atoms with Gasteiger partial charge in [-0.2, -0.15) is 0 Å². The molecule has 1 aromatic rings. The summed E-state index contributed by atoms with van der Waals surface area (Å²) in [4.78, 5) is 4.21. The van der Waals surface area contributed by atoms with Crippen LogP contribution in [-0.2, 0) is 5.41 Å². The summed E-state index contributed by atoms with van der Waals surface area (Å²) in [5, 5.41) is 0. The van der Waals surface area contributed by atoms with E-state index in [1.807, 2.05) is 12.3 Å². The van der Waals surface area contributed by atoms with Crippen LogP contribution in [0.3, 0.4) is 0 Å². The van der Waals surface area contributed by atoms with Gasteiger partial charge < -0.3 is 0 Å². The third-order valence-electron chi connectivity index (χ3n) is 1.65. The highest BCUT2D eigenvalue weighted by molar-refractivity contribution is 7.27. The number of nitrogens with zero attached hydrogens (tertiary/aromatic N) is 1. The molecule has 0 aliphatic heterocycles. The molecule has 0 spiro atoms. The van der Waals surface area contributed by atoms with Gasteiger partial charge in [-0.05, 0) is 17.0 Å². The number of pyridine rings is 1. The smallest absolute Gasteiger partial charge is 0.0606 e. The quantitative estimate of drug-likeness (QED) is 0.590. The van der Waals surface area contributed by atoms with Gasteiger partial charge in [-0.15, -0.1) is 12.4 Å². The van der Waals surface area contributed by atoms with Crippen LogP contribution in [0.5, 0.6) is 0 Å². The van der Waals surface area contributed by atoms with Crippen LogP contribution < -0.4 is 5.44 Å². The zero-order chi connectivity index (χ0) is 8.48. The first kappa shape index (κ1) is 11.9. The molecule has 1 heterocycles. The molecule has 0 aromatic carbocycles. The van der Waals surface area contributed by atoms with Crippen molar-refractivity contribution in [2.75, 3.05) is 0 Å². The highest BCUT2D eigenvalue weighted by Crippen LogP contribution is 2.20. The van der Waals surface area contributed by atoms with E-state index in [9.17, 15) is 0 Å². The van der Waals surface area contributed by atoms with Crippen LogP contribution in [0.15, 0.2) is 18.3 Å². The summed E-state index contributed by atoms with van der Waals surface area (Å²) < 4.78 is 0. The molecular formula is C9H15ClNP. The van der Waals surface area contributed by atoms with Crippen LogP contribution in [0, 0.1) is 0 Å². The fourth-order valence-electron chi connectivity index (χ4n) is 1.05. The molecule has 0 radical (unpaired) electrons. The van der Waals surface area contributed by atoms with Gasteiger partial charge in [-0.1, -0.05) is 36.1 Å². The normalized spacial score (nSPS) is 10.7. The highest BCUT2D eigenvalue weighted by Gasteiger charge is 2.15. The lowest BCUT2D eigenvalue weighted by Crippen LogP contribution is -2.20. The second kappa shape index (κ2) is 4.20. The highest BCUT2D eigenvalue weighted by atomic mass is 35.5. The van der Waals surface area contributed by atoms with Gasteiger partial charge in [0.1, 0.15) is 0 Å². The monoisotopic (exact) mass is 203 g/mol. The summed E-state index contributed by atoms with van der Waals surface area (Å²) in [6.07, 6.45) is 1.82. The van der Waals surface area contributed by atoms with Crippen molar-refractivity contribution >= 4 is 27.1 Å². The second-order valence-corrected chi connectivity index (χ2v) is 4.23. The zero-order valence-corrected chi connectivity index (χ0v) is 9.64. The van der Waals surface area contributed by atoms with Crippen LogP contribution in [0.25, 0.3) is 0 Å². The van der Waals surface area contributed by atoms with Gasteiger partial charge in [0.25, 0.3) is 0 Å². The van der Waals surface area contributed by atoms with Gasteiger partial charge in [0.05, 0.1) is 5.44 Å². The Kier molecular flexibility index (Phi) is 4.16. The third-order valence-corrected chi connectivity index (χ3v) is 2.11. The number of aromatic nitrogens is 1. The van der Waals surface area contributed by atoms with Gasteiger partial charge in [-0.3, -0.25) is 4.98 Å². The summed E-state index contributed by atoms with van der Waals surface area (Å²) >= 11 is 0. The summed E-state index contributed by atoms with van der Waals surface area (Å²) in [5.41, 5.74) is 2.55. The predicted octanol–water partition coefficient (Wildman–Crippen LogP) is 2.30. The minimum absolute atomic E-state index is 0. The van der Waals surface area contributed by atoms with E-state index in [0.717, 1.165) is 5.44 Å². The first-order valence-electron chi connectivity index (χ1n) is 3.73. The van der Waals surface area contributed by atoms with E-state index < -0.39 is 0 Å². The molecule has 1 rings (SSSR count). The Labute approximate surface area is 82.6 Å². The molecule has 1 aromatic heterocycles. The van der Waals surface area contributed by atoms with Crippen molar-refractivity contribution in [3.63, 3.8) is 0 Å². The zero-order valence-electron chi connectivity index (χ0n) is 7.66. The van der Waals surface area contributed by atoms with Gasteiger partial charge in [-0.25, -0.2) is 0 Å². The average molecular weight is 204 g/mol. The first-order valence-corrected chi connectivity index (χ1v) is 4.30. The maximum atomic E-state index is 4.21. The third kappa shape index (κ3) is 2.73. The SMILES string of the molecule is CC(C)(C)c1cccnc1P.Cl. The molecule has 1 unspecified atom stereocenters. The summed E-state index contributed by atoms with van der Waals surface area (Å²) in [6, 6.07) is 4.10. The number of hydrogen-bond acceptors (Lipinski definition) is 1. The molecule has 12 heavy (non-hydrogen) atoms. The first-order chi connectivity index (χ1) is 5.02. The lowest BCUT2D eigenvalue weighted by atomic mass is 9.88. The van der Waals surface area contributed by atoms with E-state index in [1.54, 1.807) is 0 Å². The predicted molar refractivity (Wildman–Crippen MR) is 59.5 cm³/mol. The average Bonchev–Trinajstić information content (AvgIpc) is 1.86. The Bertz CT molecular complexity index is 255. The molecule has 0 aliphatic carbocycles. The maximum Gasteiger partial charge on any atom is 0.0606 e. The van der Waals surface area contributed by atoms with E-state index in [1.165, 1.54) is 5.56 Å². The minimum Gasteiger partial charge on any atom is -0.257 e. The van der Waals surface area contributed by atoms with E-state index in [0.29, 0.717) is 0 Å². The number of hydrogen-bond donors (Lipinski definition) is 0. The van der Waals surface area contributed by atoms with Crippen LogP contribution >= 0.6 is 21.6 Å². The molecule has 0 N–H and O–H groups in total. The van der Waals surface area contributed by atoms with Crippen molar-refractivity contribution in [2.24, 2.45) is 0 Å². The lowest BCUT2D eigenvalue weighted by molar-refractivity contribution is 0.592.